The molecule has 2 aromatic carbocycles. The van der Waals surface area contributed by atoms with E-state index in [0.717, 1.165) is 0 Å². The van der Waals surface area contributed by atoms with E-state index >= 15 is 0 Å². The van der Waals surface area contributed by atoms with Gasteiger partial charge in [0, 0.05) is 19.5 Å². The molecule has 16 nitrogen and oxygen atoms in total. The molecule has 2 aliphatic heterocycles. The molecule has 0 aliphatic carbocycles. The topological polar surface area (TPSA) is 255 Å². The molecule has 2 fully saturated rings. The molecule has 2 aliphatic rings. The lowest BCUT2D eigenvalue weighted by molar-refractivity contribution is -0.142. The molecule has 16 heteroatoms. The van der Waals surface area contributed by atoms with Crippen molar-refractivity contribution in [2.45, 2.75) is 94.5 Å². The maximum atomic E-state index is 13.8. The van der Waals surface area contributed by atoms with E-state index in [1.807, 2.05) is 0 Å². The van der Waals surface area contributed by atoms with Gasteiger partial charge in [-0.05, 0) is 68.7 Å². The predicted molar refractivity (Wildman–Crippen MR) is 189 cm³/mol. The predicted octanol–water partition coefficient (Wildman–Crippen LogP) is -1.37. The van der Waals surface area contributed by atoms with Crippen LogP contribution in [0.25, 0.3) is 0 Å². The molecule has 2 heterocycles. The Labute approximate surface area is 301 Å². The molecule has 2 saturated heterocycles. The maximum Gasteiger partial charge on any atom is 0.246 e. The first-order chi connectivity index (χ1) is 24.8. The Morgan fingerprint density at radius 1 is 0.885 bits per heavy atom. The van der Waals surface area contributed by atoms with Crippen LogP contribution in [-0.2, 0) is 46.4 Å². The zero-order chi connectivity index (χ0) is 37.8. The van der Waals surface area contributed by atoms with Gasteiger partial charge < -0.3 is 48.1 Å². The third kappa shape index (κ3) is 11.2. The van der Waals surface area contributed by atoms with Gasteiger partial charge in [0.1, 0.15) is 36.0 Å². The minimum Gasteiger partial charge on any atom is -0.508 e. The van der Waals surface area contributed by atoms with Gasteiger partial charge >= 0.3 is 0 Å². The fourth-order valence-electron chi connectivity index (χ4n) is 6.22. The summed E-state index contributed by atoms with van der Waals surface area (Å²) in [6, 6.07) is 8.30. The van der Waals surface area contributed by atoms with E-state index in [0.29, 0.717) is 36.8 Å². The second-order valence-corrected chi connectivity index (χ2v) is 13.2. The molecule has 0 radical (unpaired) electrons. The van der Waals surface area contributed by atoms with Gasteiger partial charge in [-0.3, -0.25) is 33.6 Å². The molecule has 0 bridgehead atoms. The molecule has 280 valence electrons. The number of carbonyl (C=O) groups is 7. The average molecular weight is 721 g/mol. The van der Waals surface area contributed by atoms with E-state index in [9.17, 15) is 38.7 Å². The lowest BCUT2D eigenvalue weighted by Crippen LogP contribution is -2.59. The van der Waals surface area contributed by atoms with Gasteiger partial charge in [-0.15, -0.1) is 0 Å². The van der Waals surface area contributed by atoms with Crippen LogP contribution >= 0.6 is 0 Å². The smallest absolute Gasteiger partial charge is 0.246 e. The van der Waals surface area contributed by atoms with Gasteiger partial charge in [-0.25, -0.2) is 0 Å². The first kappa shape index (κ1) is 39.3. The molecular weight excluding hydrogens is 672 g/mol. The number of benzene rings is 2. The van der Waals surface area contributed by atoms with Crippen molar-refractivity contribution in [3.63, 3.8) is 0 Å². The van der Waals surface area contributed by atoms with E-state index in [4.69, 9.17) is 11.5 Å². The molecule has 0 saturated carbocycles. The summed E-state index contributed by atoms with van der Waals surface area (Å²) in [7, 11) is 0. The Bertz CT molecular complexity index is 1600. The van der Waals surface area contributed by atoms with Crippen molar-refractivity contribution in [3.05, 3.63) is 65.7 Å². The number of phenols is 1. The lowest BCUT2D eigenvalue weighted by Gasteiger charge is -2.29. The zero-order valence-corrected chi connectivity index (χ0v) is 29.1. The Hall–Kier alpha value is -5.51. The number of likely N-dealkylation sites (tertiary alicyclic amines) is 1. The van der Waals surface area contributed by atoms with E-state index in [2.05, 4.69) is 26.6 Å². The highest BCUT2D eigenvalue weighted by Gasteiger charge is 2.38. The van der Waals surface area contributed by atoms with Crippen LogP contribution in [0.4, 0.5) is 0 Å². The summed E-state index contributed by atoms with van der Waals surface area (Å²) in [5.74, 6) is -4.53. The molecule has 2 aromatic rings. The van der Waals surface area contributed by atoms with Crippen LogP contribution in [-0.4, -0.2) is 101 Å². The lowest BCUT2D eigenvalue weighted by atomic mass is 10.0. The molecule has 10 N–H and O–H groups in total. The van der Waals surface area contributed by atoms with Gasteiger partial charge in [0.2, 0.25) is 41.4 Å². The van der Waals surface area contributed by atoms with Gasteiger partial charge in [0.15, 0.2) is 0 Å². The van der Waals surface area contributed by atoms with Crippen LogP contribution in [0.5, 0.6) is 5.75 Å². The maximum absolute atomic E-state index is 13.8. The number of nitrogens with zero attached hydrogens (tertiary/aromatic N) is 1. The number of nitrogens with two attached hydrogens (primary N) is 2. The van der Waals surface area contributed by atoms with Crippen LogP contribution in [0.1, 0.15) is 56.6 Å². The summed E-state index contributed by atoms with van der Waals surface area (Å²) in [4.78, 5) is 94.1. The second-order valence-electron chi connectivity index (χ2n) is 13.2. The van der Waals surface area contributed by atoms with Gasteiger partial charge in [0.25, 0.3) is 0 Å². The third-order valence-corrected chi connectivity index (χ3v) is 9.14. The highest BCUT2D eigenvalue weighted by molar-refractivity contribution is 5.98. The van der Waals surface area contributed by atoms with E-state index in [1.54, 1.807) is 42.5 Å². The van der Waals surface area contributed by atoms with Crippen molar-refractivity contribution in [2.75, 3.05) is 13.1 Å². The molecule has 7 amide bonds. The number of hydrogen-bond donors (Lipinski definition) is 8. The van der Waals surface area contributed by atoms with Crippen molar-refractivity contribution in [3.8, 4) is 5.75 Å². The largest absolute Gasteiger partial charge is 0.508 e. The minimum absolute atomic E-state index is 0.0113. The van der Waals surface area contributed by atoms with Crippen molar-refractivity contribution >= 4 is 41.4 Å². The van der Waals surface area contributed by atoms with Crippen molar-refractivity contribution < 1.29 is 38.7 Å². The highest BCUT2D eigenvalue weighted by atomic mass is 16.3. The van der Waals surface area contributed by atoms with E-state index in [1.165, 1.54) is 24.0 Å². The van der Waals surface area contributed by atoms with Crippen LogP contribution in [0.3, 0.4) is 0 Å². The Morgan fingerprint density at radius 2 is 1.60 bits per heavy atom. The Balaban J connectivity index is 1.55. The molecule has 0 unspecified atom stereocenters. The first-order valence-electron chi connectivity index (χ1n) is 17.5. The van der Waals surface area contributed by atoms with Gasteiger partial charge in [-0.1, -0.05) is 42.5 Å². The summed E-state index contributed by atoms with van der Waals surface area (Å²) < 4.78 is 0. The Morgan fingerprint density at radius 3 is 2.29 bits per heavy atom. The molecule has 0 aromatic heterocycles. The van der Waals surface area contributed by atoms with Crippen LogP contribution < -0.4 is 38.1 Å². The number of aromatic hydroxyl groups is 1. The van der Waals surface area contributed by atoms with E-state index < -0.39 is 84.0 Å². The summed E-state index contributed by atoms with van der Waals surface area (Å²) in [6.45, 7) is 1.82. The fraction of sp³-hybridized carbons (Fsp3) is 0.472. The summed E-state index contributed by atoms with van der Waals surface area (Å²) in [5.41, 5.74) is 13.1. The van der Waals surface area contributed by atoms with Crippen LogP contribution in [0.15, 0.2) is 54.6 Å². The number of amides is 7. The van der Waals surface area contributed by atoms with Crippen molar-refractivity contribution in [2.24, 2.45) is 11.5 Å². The summed E-state index contributed by atoms with van der Waals surface area (Å²) in [5, 5.41) is 22.9. The van der Waals surface area contributed by atoms with Crippen molar-refractivity contribution in [1.29, 1.82) is 0 Å². The number of nitrogens with one attached hydrogen (secondary N) is 5. The number of hydrogen-bond acceptors (Lipinski definition) is 9. The quantitative estimate of drug-likeness (QED) is 0.160. The highest BCUT2D eigenvalue weighted by Crippen LogP contribution is 2.19. The minimum atomic E-state index is -1.36. The first-order valence-corrected chi connectivity index (χ1v) is 17.5. The third-order valence-electron chi connectivity index (χ3n) is 9.14. The van der Waals surface area contributed by atoms with Gasteiger partial charge in [0.05, 0.1) is 12.5 Å². The zero-order valence-electron chi connectivity index (χ0n) is 29.1. The normalized spacial score (nSPS) is 24.3. The van der Waals surface area contributed by atoms with E-state index in [-0.39, 0.29) is 38.1 Å². The fourth-order valence-corrected chi connectivity index (χ4v) is 6.22. The summed E-state index contributed by atoms with van der Waals surface area (Å²) >= 11 is 0. The molecule has 52 heavy (non-hydrogen) atoms. The van der Waals surface area contributed by atoms with Crippen LogP contribution in [0.2, 0.25) is 0 Å². The summed E-state index contributed by atoms with van der Waals surface area (Å²) in [6.07, 6.45) is 1.50. The molecular formula is C36H48N8O8. The SMILES string of the molecule is C[C@@H]1NC(=O)[C@H](NC(=O)[C@@H](N)Cc2ccc(O)cc2)CCCCNC(=O)C[C@H](C(=O)N2CCC[C@H]2C(N)=O)NC(=O)[C@H](Cc2ccccc2)NC1=O. The standard InChI is InChI=1S/C36H48N8O8/c1-21-32(48)42-27(19-22-8-3-2-4-9-22)35(51)43-28(36(52)44-17-7-11-29(44)31(38)47)20-30(46)39-16-6-5-10-26(34(50)40-21)41-33(49)25(37)18-23-12-14-24(45)15-13-23/h2-4,8-9,12-15,21,25-29,45H,5-7,10-11,16-20,37H2,1H3,(H2,38,47)(H,39,46)(H,40,50)(H,41,49)(H,42,48)(H,43,51)/t21-,25-,26+,27-,28+,29-/m0/s1. The molecule has 4 rings (SSSR count). The second kappa shape index (κ2) is 18.6. The monoisotopic (exact) mass is 720 g/mol. The molecule has 0 spiro atoms. The number of rotatable bonds is 8. The van der Waals surface area contributed by atoms with Crippen molar-refractivity contribution in [1.82, 2.24) is 31.5 Å². The Kier molecular flexibility index (Phi) is 14.1. The number of primary amides is 1. The van der Waals surface area contributed by atoms with Gasteiger partial charge in [-0.2, -0.15) is 0 Å². The molecule has 6 atom stereocenters. The number of carbonyl (C=O) groups excluding carboxylic acids is 7. The average Bonchev–Trinajstić information content (AvgIpc) is 3.61. The van der Waals surface area contributed by atoms with Crippen LogP contribution in [0, 0.1) is 0 Å². The number of phenolic OH excluding ortho intramolecular Hbond substituents is 1.